The van der Waals surface area contributed by atoms with E-state index in [0.717, 1.165) is 23.6 Å². The summed E-state index contributed by atoms with van der Waals surface area (Å²) >= 11 is 0. The number of benzene rings is 2. The van der Waals surface area contributed by atoms with Gasteiger partial charge in [-0.2, -0.15) is 0 Å². The molecule has 0 aliphatic carbocycles. The zero-order chi connectivity index (χ0) is 15.7. The second-order valence-corrected chi connectivity index (χ2v) is 5.30. The van der Waals surface area contributed by atoms with Crippen molar-refractivity contribution in [2.24, 2.45) is 5.73 Å². The summed E-state index contributed by atoms with van der Waals surface area (Å²) in [6.07, 6.45) is 0.739. The van der Waals surface area contributed by atoms with Gasteiger partial charge in [-0.1, -0.05) is 24.3 Å². The Morgan fingerprint density at radius 2 is 1.86 bits per heavy atom. The third kappa shape index (κ3) is 2.48. The molecular weight excluding hydrogens is 284 g/mol. The maximum Gasteiger partial charge on any atom is 0.161 e. The SMILES string of the molecule is Cc1ccccc1-c1nc2cc(F)c(F)cc2n1CCCN. The summed E-state index contributed by atoms with van der Waals surface area (Å²) in [6, 6.07) is 10.2. The van der Waals surface area contributed by atoms with Gasteiger partial charge in [0.15, 0.2) is 11.6 Å². The third-order valence-corrected chi connectivity index (χ3v) is 3.76. The van der Waals surface area contributed by atoms with Gasteiger partial charge in [0.05, 0.1) is 11.0 Å². The van der Waals surface area contributed by atoms with Crippen molar-refractivity contribution < 1.29 is 8.78 Å². The summed E-state index contributed by atoms with van der Waals surface area (Å²) in [5.74, 6) is -1.03. The number of aromatic nitrogens is 2. The van der Waals surface area contributed by atoms with Crippen LogP contribution in [-0.2, 0) is 6.54 Å². The highest BCUT2D eigenvalue weighted by molar-refractivity contribution is 5.81. The van der Waals surface area contributed by atoms with Crippen LogP contribution in [0.5, 0.6) is 0 Å². The lowest BCUT2D eigenvalue weighted by Crippen LogP contribution is -2.07. The van der Waals surface area contributed by atoms with Gasteiger partial charge in [-0.05, 0) is 25.5 Å². The smallest absolute Gasteiger partial charge is 0.161 e. The van der Waals surface area contributed by atoms with Crippen LogP contribution in [0.15, 0.2) is 36.4 Å². The van der Waals surface area contributed by atoms with Gasteiger partial charge in [-0.25, -0.2) is 13.8 Å². The van der Waals surface area contributed by atoms with Crippen LogP contribution >= 0.6 is 0 Å². The third-order valence-electron chi connectivity index (χ3n) is 3.76. The van der Waals surface area contributed by atoms with Crippen molar-refractivity contribution >= 4 is 11.0 Å². The van der Waals surface area contributed by atoms with E-state index >= 15 is 0 Å². The van der Waals surface area contributed by atoms with Crippen molar-refractivity contribution in [3.8, 4) is 11.4 Å². The Labute approximate surface area is 127 Å². The predicted molar refractivity (Wildman–Crippen MR) is 83.5 cm³/mol. The van der Waals surface area contributed by atoms with Crippen LogP contribution in [0, 0.1) is 18.6 Å². The normalized spacial score (nSPS) is 11.3. The van der Waals surface area contributed by atoms with Crippen LogP contribution in [0.2, 0.25) is 0 Å². The minimum Gasteiger partial charge on any atom is -0.330 e. The van der Waals surface area contributed by atoms with Crippen molar-refractivity contribution in [2.45, 2.75) is 19.9 Å². The molecule has 0 fully saturated rings. The summed E-state index contributed by atoms with van der Waals surface area (Å²) in [4.78, 5) is 4.51. The predicted octanol–water partition coefficient (Wildman–Crippen LogP) is 3.64. The minimum absolute atomic E-state index is 0.453. The number of halogens is 2. The monoisotopic (exact) mass is 301 g/mol. The van der Waals surface area contributed by atoms with E-state index in [-0.39, 0.29) is 0 Å². The largest absolute Gasteiger partial charge is 0.330 e. The first-order valence-corrected chi connectivity index (χ1v) is 7.23. The molecule has 0 saturated heterocycles. The second-order valence-electron chi connectivity index (χ2n) is 5.30. The fourth-order valence-electron chi connectivity index (χ4n) is 2.63. The first-order valence-electron chi connectivity index (χ1n) is 7.23. The van der Waals surface area contributed by atoms with Crippen LogP contribution in [0.25, 0.3) is 22.4 Å². The Morgan fingerprint density at radius 3 is 2.59 bits per heavy atom. The maximum absolute atomic E-state index is 13.6. The van der Waals surface area contributed by atoms with Gasteiger partial charge >= 0.3 is 0 Å². The van der Waals surface area contributed by atoms with Gasteiger partial charge < -0.3 is 10.3 Å². The number of imidazole rings is 1. The van der Waals surface area contributed by atoms with E-state index in [9.17, 15) is 8.78 Å². The molecule has 1 heterocycles. The highest BCUT2D eigenvalue weighted by atomic mass is 19.2. The molecule has 1 aromatic heterocycles. The van der Waals surface area contributed by atoms with Crippen LogP contribution in [0.1, 0.15) is 12.0 Å². The zero-order valence-corrected chi connectivity index (χ0v) is 12.3. The summed E-state index contributed by atoms with van der Waals surface area (Å²) in [5, 5.41) is 0. The van der Waals surface area contributed by atoms with Crippen molar-refractivity contribution in [2.75, 3.05) is 6.54 Å². The topological polar surface area (TPSA) is 43.8 Å². The standard InChI is InChI=1S/C17H17F2N3/c1-11-5-2-3-6-12(11)17-21-15-9-13(18)14(19)10-16(15)22(17)8-4-7-20/h2-3,5-6,9-10H,4,7-8,20H2,1H3. The van der Waals surface area contributed by atoms with Gasteiger partial charge in [-0.15, -0.1) is 0 Å². The Kier molecular flexibility index (Phi) is 3.90. The number of nitrogens with two attached hydrogens (primary N) is 1. The van der Waals surface area contributed by atoms with Crippen molar-refractivity contribution in [3.63, 3.8) is 0 Å². The zero-order valence-electron chi connectivity index (χ0n) is 12.3. The summed E-state index contributed by atoms with van der Waals surface area (Å²) in [7, 11) is 0. The molecule has 0 amide bonds. The Morgan fingerprint density at radius 1 is 1.14 bits per heavy atom. The molecule has 114 valence electrons. The molecule has 0 aliphatic rings. The van der Waals surface area contributed by atoms with E-state index in [1.807, 2.05) is 35.8 Å². The molecular formula is C17H17F2N3. The Balaban J connectivity index is 2.26. The average Bonchev–Trinajstić information content (AvgIpc) is 2.83. The summed E-state index contributed by atoms with van der Waals surface area (Å²) in [5.41, 5.74) is 8.65. The van der Waals surface area contributed by atoms with Crippen LogP contribution < -0.4 is 5.73 Å². The Bertz CT molecular complexity index is 824. The molecule has 0 unspecified atom stereocenters. The van der Waals surface area contributed by atoms with Crippen molar-refractivity contribution in [1.29, 1.82) is 0 Å². The lowest BCUT2D eigenvalue weighted by Gasteiger charge is -2.10. The number of rotatable bonds is 4. The highest BCUT2D eigenvalue weighted by Gasteiger charge is 2.16. The van der Waals surface area contributed by atoms with Crippen LogP contribution in [0.3, 0.4) is 0 Å². The summed E-state index contributed by atoms with van der Waals surface area (Å²) in [6.45, 7) is 3.13. The second kappa shape index (κ2) is 5.85. The molecule has 0 bridgehead atoms. The molecule has 0 aliphatic heterocycles. The van der Waals surface area contributed by atoms with E-state index < -0.39 is 11.6 Å². The number of hydrogen-bond acceptors (Lipinski definition) is 2. The lowest BCUT2D eigenvalue weighted by atomic mass is 10.1. The number of nitrogens with zero attached hydrogens (tertiary/aromatic N) is 2. The number of hydrogen-bond donors (Lipinski definition) is 1. The van der Waals surface area contributed by atoms with Crippen LogP contribution in [0.4, 0.5) is 8.78 Å². The first kappa shape index (κ1) is 14.7. The Hall–Kier alpha value is -2.27. The number of aryl methyl sites for hydroxylation is 2. The molecule has 0 saturated carbocycles. The van der Waals surface area contributed by atoms with Gasteiger partial charge in [-0.3, -0.25) is 0 Å². The molecule has 2 N–H and O–H groups in total. The average molecular weight is 301 g/mol. The van der Waals surface area contributed by atoms with Crippen molar-refractivity contribution in [3.05, 3.63) is 53.6 Å². The molecule has 0 atom stereocenters. The fraction of sp³-hybridized carbons (Fsp3) is 0.235. The van der Waals surface area contributed by atoms with E-state index in [0.29, 0.717) is 29.9 Å². The van der Waals surface area contributed by atoms with E-state index in [1.54, 1.807) is 0 Å². The molecule has 22 heavy (non-hydrogen) atoms. The minimum atomic E-state index is -0.882. The number of fused-ring (bicyclic) bond motifs is 1. The highest BCUT2D eigenvalue weighted by Crippen LogP contribution is 2.28. The molecule has 0 spiro atoms. The van der Waals surface area contributed by atoms with E-state index in [2.05, 4.69) is 4.98 Å². The van der Waals surface area contributed by atoms with Gasteiger partial charge in [0.1, 0.15) is 5.82 Å². The quantitative estimate of drug-likeness (QED) is 0.799. The first-order chi connectivity index (χ1) is 10.6. The van der Waals surface area contributed by atoms with E-state index in [4.69, 9.17) is 5.73 Å². The van der Waals surface area contributed by atoms with Crippen molar-refractivity contribution in [1.82, 2.24) is 9.55 Å². The van der Waals surface area contributed by atoms with Gasteiger partial charge in [0.2, 0.25) is 0 Å². The van der Waals surface area contributed by atoms with E-state index in [1.165, 1.54) is 6.07 Å². The van der Waals surface area contributed by atoms with Gasteiger partial charge in [0, 0.05) is 24.2 Å². The molecule has 3 rings (SSSR count). The fourth-order valence-corrected chi connectivity index (χ4v) is 2.63. The molecule has 3 aromatic rings. The molecule has 0 radical (unpaired) electrons. The molecule has 3 nitrogen and oxygen atoms in total. The maximum atomic E-state index is 13.6. The summed E-state index contributed by atoms with van der Waals surface area (Å²) < 4.78 is 29.0. The van der Waals surface area contributed by atoms with Crippen LogP contribution in [-0.4, -0.2) is 16.1 Å². The molecule has 2 aromatic carbocycles. The van der Waals surface area contributed by atoms with Gasteiger partial charge in [0.25, 0.3) is 0 Å². The lowest BCUT2D eigenvalue weighted by molar-refractivity contribution is 0.510. The molecule has 5 heteroatoms.